The van der Waals surface area contributed by atoms with Crippen LogP contribution in [0.5, 0.6) is 0 Å². The summed E-state index contributed by atoms with van der Waals surface area (Å²) >= 11 is 0. The number of hydrogen-bond donors (Lipinski definition) is 1. The highest BCUT2D eigenvalue weighted by molar-refractivity contribution is 5.86. The third-order valence-electron chi connectivity index (χ3n) is 8.44. The van der Waals surface area contributed by atoms with E-state index in [1.165, 1.54) is 31.2 Å². The topological polar surface area (TPSA) is 49.4 Å². The fourth-order valence-electron chi connectivity index (χ4n) is 7.09. The lowest BCUT2D eigenvalue weighted by atomic mass is 9.41. The van der Waals surface area contributed by atoms with Crippen molar-refractivity contribution in [2.75, 3.05) is 19.6 Å². The van der Waals surface area contributed by atoms with E-state index in [9.17, 15) is 9.59 Å². The number of nitrogens with zero attached hydrogens (tertiary/aromatic N) is 1. The SMILES string of the molecule is CC1C2CC3CC1CC(C2)C3(CC(=O)N1CCNC(=O)C1)c1ccccc1. The number of amides is 2. The van der Waals surface area contributed by atoms with Gasteiger partial charge in [-0.2, -0.15) is 0 Å². The minimum absolute atomic E-state index is 0.0257. The Labute approximate surface area is 161 Å². The Hall–Kier alpha value is -1.84. The molecule has 2 amide bonds. The second kappa shape index (κ2) is 6.35. The average molecular weight is 367 g/mol. The van der Waals surface area contributed by atoms with Crippen molar-refractivity contribution in [3.63, 3.8) is 0 Å². The van der Waals surface area contributed by atoms with Crippen LogP contribution in [0.4, 0.5) is 0 Å². The molecule has 4 heteroatoms. The zero-order valence-corrected chi connectivity index (χ0v) is 16.2. The summed E-state index contributed by atoms with van der Waals surface area (Å²) in [7, 11) is 0. The van der Waals surface area contributed by atoms with Gasteiger partial charge in [-0.1, -0.05) is 37.3 Å². The number of carbonyl (C=O) groups excluding carboxylic acids is 2. The van der Waals surface area contributed by atoms with Crippen molar-refractivity contribution in [2.45, 2.75) is 44.4 Å². The van der Waals surface area contributed by atoms with Gasteiger partial charge >= 0.3 is 0 Å². The van der Waals surface area contributed by atoms with Crippen molar-refractivity contribution >= 4 is 11.8 Å². The molecule has 5 aliphatic rings. The Morgan fingerprint density at radius 2 is 1.74 bits per heavy atom. The number of benzene rings is 1. The highest BCUT2D eigenvalue weighted by Gasteiger charge is 2.60. The molecule has 0 radical (unpaired) electrons. The van der Waals surface area contributed by atoms with E-state index >= 15 is 0 Å². The molecule has 1 saturated heterocycles. The van der Waals surface area contributed by atoms with Crippen LogP contribution in [-0.4, -0.2) is 36.3 Å². The molecule has 4 nitrogen and oxygen atoms in total. The standard InChI is InChI=1S/C23H30N2O2/c1-15-16-9-19-11-17(15)12-20(10-16)23(19,18-5-3-2-4-6-18)13-22(27)25-8-7-24-21(26)14-25/h2-6,15-17,19-20H,7-14H2,1H3,(H,24,26). The molecule has 1 aromatic rings. The Balaban J connectivity index is 1.49. The summed E-state index contributed by atoms with van der Waals surface area (Å²) < 4.78 is 0. The van der Waals surface area contributed by atoms with Crippen molar-refractivity contribution < 1.29 is 9.59 Å². The van der Waals surface area contributed by atoms with Gasteiger partial charge in [-0.25, -0.2) is 0 Å². The number of carbonyl (C=O) groups is 2. The first-order chi connectivity index (χ1) is 13.1. The van der Waals surface area contributed by atoms with Gasteiger partial charge in [0.25, 0.3) is 0 Å². The molecule has 1 aliphatic heterocycles. The van der Waals surface area contributed by atoms with Crippen LogP contribution in [0, 0.1) is 29.6 Å². The van der Waals surface area contributed by atoms with Gasteiger partial charge in [0.15, 0.2) is 0 Å². The van der Waals surface area contributed by atoms with Crippen LogP contribution < -0.4 is 5.32 Å². The molecule has 1 aromatic carbocycles. The number of nitrogens with one attached hydrogen (secondary N) is 1. The molecule has 144 valence electrons. The Kier molecular flexibility index (Phi) is 4.06. The summed E-state index contributed by atoms with van der Waals surface area (Å²) in [6.07, 6.45) is 5.68. The molecule has 0 atom stereocenters. The third kappa shape index (κ3) is 2.63. The highest BCUT2D eigenvalue weighted by Crippen LogP contribution is 2.65. The molecule has 1 heterocycles. The molecule has 0 unspecified atom stereocenters. The lowest BCUT2D eigenvalue weighted by molar-refractivity contribution is -0.146. The van der Waals surface area contributed by atoms with E-state index in [1.54, 1.807) is 4.90 Å². The zero-order valence-electron chi connectivity index (χ0n) is 16.2. The van der Waals surface area contributed by atoms with E-state index in [2.05, 4.69) is 42.6 Å². The lowest BCUT2D eigenvalue weighted by Gasteiger charge is -2.64. The van der Waals surface area contributed by atoms with Crippen LogP contribution in [0.25, 0.3) is 0 Å². The number of hydrogen-bond acceptors (Lipinski definition) is 2. The van der Waals surface area contributed by atoms with E-state index in [0.29, 0.717) is 31.3 Å². The molecule has 0 spiro atoms. The molecule has 27 heavy (non-hydrogen) atoms. The van der Waals surface area contributed by atoms with E-state index in [-0.39, 0.29) is 23.8 Å². The molecule has 4 aliphatic carbocycles. The van der Waals surface area contributed by atoms with Gasteiger partial charge in [0.2, 0.25) is 11.8 Å². The van der Waals surface area contributed by atoms with E-state index in [1.807, 2.05) is 0 Å². The molecule has 4 bridgehead atoms. The molecular weight excluding hydrogens is 336 g/mol. The first-order valence-electron chi connectivity index (χ1n) is 10.7. The van der Waals surface area contributed by atoms with Gasteiger partial charge in [-0.05, 0) is 60.8 Å². The zero-order chi connectivity index (χ0) is 18.6. The first-order valence-corrected chi connectivity index (χ1v) is 10.7. The summed E-state index contributed by atoms with van der Waals surface area (Å²) in [5.74, 6) is 3.92. The van der Waals surface area contributed by atoms with Gasteiger partial charge in [-0.3, -0.25) is 9.59 Å². The predicted molar refractivity (Wildman–Crippen MR) is 104 cm³/mol. The highest BCUT2D eigenvalue weighted by atomic mass is 16.2. The molecule has 0 aromatic heterocycles. The normalized spacial score (nSPS) is 40.1. The molecule has 5 fully saturated rings. The lowest BCUT2D eigenvalue weighted by Crippen LogP contribution is -2.60. The Bertz CT molecular complexity index is 714. The quantitative estimate of drug-likeness (QED) is 0.894. The maximum absolute atomic E-state index is 13.3. The van der Waals surface area contributed by atoms with Crippen LogP contribution in [-0.2, 0) is 15.0 Å². The summed E-state index contributed by atoms with van der Waals surface area (Å²) in [6, 6.07) is 10.8. The maximum Gasteiger partial charge on any atom is 0.239 e. The molecule has 6 rings (SSSR count). The average Bonchev–Trinajstić information content (AvgIpc) is 2.67. The van der Waals surface area contributed by atoms with Crippen LogP contribution in [0.1, 0.15) is 44.6 Å². The van der Waals surface area contributed by atoms with Gasteiger partial charge < -0.3 is 10.2 Å². The van der Waals surface area contributed by atoms with Crippen LogP contribution in [0.3, 0.4) is 0 Å². The van der Waals surface area contributed by atoms with E-state index in [0.717, 1.165) is 17.8 Å². The maximum atomic E-state index is 13.3. The largest absolute Gasteiger partial charge is 0.353 e. The Morgan fingerprint density at radius 3 is 2.33 bits per heavy atom. The monoisotopic (exact) mass is 366 g/mol. The fourth-order valence-corrected chi connectivity index (χ4v) is 7.09. The van der Waals surface area contributed by atoms with Crippen LogP contribution >= 0.6 is 0 Å². The predicted octanol–water partition coefficient (Wildman–Crippen LogP) is 2.98. The fraction of sp³-hybridized carbons (Fsp3) is 0.652. The smallest absolute Gasteiger partial charge is 0.239 e. The summed E-state index contributed by atoms with van der Waals surface area (Å²) in [5.41, 5.74) is 1.33. The van der Waals surface area contributed by atoms with E-state index in [4.69, 9.17) is 0 Å². The van der Waals surface area contributed by atoms with Crippen molar-refractivity contribution in [3.05, 3.63) is 35.9 Å². The second-order valence-electron chi connectivity index (χ2n) is 9.46. The van der Waals surface area contributed by atoms with Crippen molar-refractivity contribution in [1.29, 1.82) is 0 Å². The van der Waals surface area contributed by atoms with Gasteiger partial charge in [0.05, 0.1) is 6.54 Å². The summed E-state index contributed by atoms with van der Waals surface area (Å²) in [6.45, 7) is 3.90. The van der Waals surface area contributed by atoms with Crippen molar-refractivity contribution in [3.8, 4) is 0 Å². The molecular formula is C23H30N2O2. The number of rotatable bonds is 3. The minimum Gasteiger partial charge on any atom is -0.353 e. The molecule has 4 saturated carbocycles. The van der Waals surface area contributed by atoms with Crippen molar-refractivity contribution in [1.82, 2.24) is 10.2 Å². The van der Waals surface area contributed by atoms with Crippen LogP contribution in [0.15, 0.2) is 30.3 Å². The van der Waals surface area contributed by atoms with Gasteiger partial charge in [0, 0.05) is 24.9 Å². The van der Waals surface area contributed by atoms with Crippen molar-refractivity contribution in [2.24, 2.45) is 29.6 Å². The van der Waals surface area contributed by atoms with E-state index < -0.39 is 0 Å². The Morgan fingerprint density at radius 1 is 1.11 bits per heavy atom. The first kappa shape index (κ1) is 17.3. The minimum atomic E-state index is -0.0284. The van der Waals surface area contributed by atoms with Crippen LogP contribution in [0.2, 0.25) is 0 Å². The summed E-state index contributed by atoms with van der Waals surface area (Å²) in [5, 5.41) is 2.84. The number of piperazine rings is 1. The third-order valence-corrected chi connectivity index (χ3v) is 8.44. The van der Waals surface area contributed by atoms with Gasteiger partial charge in [-0.15, -0.1) is 0 Å². The second-order valence-corrected chi connectivity index (χ2v) is 9.46. The van der Waals surface area contributed by atoms with Gasteiger partial charge in [0.1, 0.15) is 0 Å². The summed E-state index contributed by atoms with van der Waals surface area (Å²) in [4.78, 5) is 26.9. The molecule has 1 N–H and O–H groups in total.